The van der Waals surface area contributed by atoms with Gasteiger partial charge in [-0.05, 0) is 19.9 Å². The highest BCUT2D eigenvalue weighted by Crippen LogP contribution is 2.33. The second-order valence-corrected chi connectivity index (χ2v) is 6.23. The van der Waals surface area contributed by atoms with Gasteiger partial charge in [0.1, 0.15) is 6.10 Å². The molecule has 2 aromatic rings. The topological polar surface area (TPSA) is 47.3 Å². The van der Waals surface area contributed by atoms with Crippen LogP contribution >= 0.6 is 22.9 Å². The van der Waals surface area contributed by atoms with Crippen molar-refractivity contribution in [3.05, 3.63) is 38.3 Å². The number of halogens is 1. The lowest BCUT2D eigenvalue weighted by atomic mass is 10.1. The van der Waals surface area contributed by atoms with Crippen LogP contribution in [0, 0.1) is 13.8 Å². The summed E-state index contributed by atoms with van der Waals surface area (Å²) in [6.45, 7) is 5.12. The number of methoxy groups -OCH3 is 1. The van der Waals surface area contributed by atoms with E-state index in [-0.39, 0.29) is 0 Å². The van der Waals surface area contributed by atoms with Crippen LogP contribution in [0.25, 0.3) is 0 Å². The molecule has 1 N–H and O–H groups in total. The molecule has 0 saturated heterocycles. The average Bonchev–Trinajstić information content (AvgIpc) is 2.89. The lowest BCUT2D eigenvalue weighted by Gasteiger charge is -2.14. The number of hydrogen-bond donors (Lipinski definition) is 1. The molecule has 1 unspecified atom stereocenters. The Labute approximate surface area is 121 Å². The van der Waals surface area contributed by atoms with Crippen molar-refractivity contribution in [2.75, 3.05) is 13.7 Å². The zero-order valence-corrected chi connectivity index (χ0v) is 12.8. The molecule has 2 rings (SSSR count). The van der Waals surface area contributed by atoms with E-state index in [2.05, 4.69) is 5.10 Å². The Morgan fingerprint density at radius 2 is 2.26 bits per heavy atom. The number of hydrogen-bond acceptors (Lipinski definition) is 4. The molecule has 0 bridgehead atoms. The van der Waals surface area contributed by atoms with Gasteiger partial charge in [0.15, 0.2) is 0 Å². The second-order valence-electron chi connectivity index (χ2n) is 4.36. The first-order valence-corrected chi connectivity index (χ1v) is 7.19. The molecule has 0 aliphatic rings. The van der Waals surface area contributed by atoms with Crippen LogP contribution < -0.4 is 0 Å². The van der Waals surface area contributed by atoms with E-state index in [0.29, 0.717) is 23.9 Å². The van der Waals surface area contributed by atoms with Gasteiger partial charge in [0.2, 0.25) is 0 Å². The summed E-state index contributed by atoms with van der Waals surface area (Å²) in [7, 11) is 1.63. The van der Waals surface area contributed by atoms with E-state index in [1.165, 1.54) is 4.88 Å². The van der Waals surface area contributed by atoms with E-state index in [1.54, 1.807) is 29.3 Å². The maximum Gasteiger partial charge on any atom is 0.123 e. The number of aliphatic hydroxyl groups excluding tert-OH is 1. The SMILES string of the molecule is COCCn1ncc(Cl)c1C(O)c1cc(C)sc1C. The highest BCUT2D eigenvalue weighted by molar-refractivity contribution is 7.12. The summed E-state index contributed by atoms with van der Waals surface area (Å²) in [4.78, 5) is 2.27. The molecule has 2 heterocycles. The molecule has 19 heavy (non-hydrogen) atoms. The summed E-state index contributed by atoms with van der Waals surface area (Å²) in [5, 5.41) is 15.2. The molecule has 0 aromatic carbocycles. The summed E-state index contributed by atoms with van der Waals surface area (Å²) in [5.41, 5.74) is 1.52. The predicted molar refractivity (Wildman–Crippen MR) is 77.0 cm³/mol. The first-order chi connectivity index (χ1) is 9.04. The summed E-state index contributed by atoms with van der Waals surface area (Å²) < 4.78 is 6.74. The Morgan fingerprint density at radius 1 is 1.53 bits per heavy atom. The number of ether oxygens (including phenoxy) is 1. The maximum atomic E-state index is 10.6. The summed E-state index contributed by atoms with van der Waals surface area (Å²) >= 11 is 7.81. The van der Waals surface area contributed by atoms with Crippen LogP contribution in [0.5, 0.6) is 0 Å². The Morgan fingerprint density at radius 3 is 2.84 bits per heavy atom. The monoisotopic (exact) mass is 300 g/mol. The lowest BCUT2D eigenvalue weighted by molar-refractivity contribution is 0.171. The fourth-order valence-electron chi connectivity index (χ4n) is 2.07. The van der Waals surface area contributed by atoms with Crippen molar-refractivity contribution in [3.8, 4) is 0 Å². The van der Waals surface area contributed by atoms with Crippen LogP contribution in [-0.4, -0.2) is 28.6 Å². The van der Waals surface area contributed by atoms with E-state index >= 15 is 0 Å². The summed E-state index contributed by atoms with van der Waals surface area (Å²) in [5.74, 6) is 0. The van der Waals surface area contributed by atoms with Crippen molar-refractivity contribution in [1.82, 2.24) is 9.78 Å². The van der Waals surface area contributed by atoms with Gasteiger partial charge in [0.25, 0.3) is 0 Å². The quantitative estimate of drug-likeness (QED) is 0.923. The maximum absolute atomic E-state index is 10.6. The van der Waals surface area contributed by atoms with Crippen molar-refractivity contribution in [2.24, 2.45) is 0 Å². The molecule has 0 radical (unpaired) electrons. The molecule has 6 heteroatoms. The third-order valence-corrected chi connectivity index (χ3v) is 4.25. The van der Waals surface area contributed by atoms with Gasteiger partial charge >= 0.3 is 0 Å². The molecule has 1 atom stereocenters. The van der Waals surface area contributed by atoms with E-state index in [4.69, 9.17) is 16.3 Å². The standard InChI is InChI=1S/C13H17ClN2O2S/c1-8-6-10(9(2)19-8)13(17)12-11(14)7-15-16(12)4-5-18-3/h6-7,13,17H,4-5H2,1-3H3. The Bertz CT molecular complexity index is 565. The van der Waals surface area contributed by atoms with Crippen molar-refractivity contribution >= 4 is 22.9 Å². The summed E-state index contributed by atoms with van der Waals surface area (Å²) in [6, 6.07) is 1.99. The van der Waals surface area contributed by atoms with Crippen LogP contribution in [0.2, 0.25) is 5.02 Å². The lowest BCUT2D eigenvalue weighted by Crippen LogP contribution is -2.13. The molecular formula is C13H17ClN2O2S. The fraction of sp³-hybridized carbons (Fsp3) is 0.462. The molecule has 0 aliphatic carbocycles. The minimum atomic E-state index is -0.753. The van der Waals surface area contributed by atoms with Gasteiger partial charge in [-0.25, -0.2) is 0 Å². The van der Waals surface area contributed by atoms with Crippen LogP contribution in [0.1, 0.15) is 27.1 Å². The van der Waals surface area contributed by atoms with Crippen molar-refractivity contribution < 1.29 is 9.84 Å². The minimum Gasteiger partial charge on any atom is -0.383 e. The fourth-order valence-corrected chi connectivity index (χ4v) is 3.27. The van der Waals surface area contributed by atoms with E-state index < -0.39 is 6.10 Å². The molecule has 0 amide bonds. The first-order valence-electron chi connectivity index (χ1n) is 5.99. The molecule has 0 spiro atoms. The third-order valence-electron chi connectivity index (χ3n) is 2.97. The Hall–Kier alpha value is -0.880. The van der Waals surface area contributed by atoms with Gasteiger partial charge < -0.3 is 9.84 Å². The molecule has 104 valence electrons. The number of nitrogens with zero attached hydrogens (tertiary/aromatic N) is 2. The van der Waals surface area contributed by atoms with Crippen LogP contribution in [-0.2, 0) is 11.3 Å². The van der Waals surface area contributed by atoms with Crippen molar-refractivity contribution in [3.63, 3.8) is 0 Å². The van der Waals surface area contributed by atoms with Gasteiger partial charge in [-0.15, -0.1) is 11.3 Å². The van der Waals surface area contributed by atoms with Crippen molar-refractivity contribution in [2.45, 2.75) is 26.5 Å². The van der Waals surface area contributed by atoms with Crippen molar-refractivity contribution in [1.29, 1.82) is 0 Å². The first kappa shape index (κ1) is 14.5. The van der Waals surface area contributed by atoms with Crippen LogP contribution in [0.3, 0.4) is 0 Å². The zero-order chi connectivity index (χ0) is 14.0. The largest absolute Gasteiger partial charge is 0.383 e. The number of aryl methyl sites for hydroxylation is 2. The molecule has 4 nitrogen and oxygen atoms in total. The minimum absolute atomic E-state index is 0.479. The van der Waals surface area contributed by atoms with E-state index in [1.807, 2.05) is 19.9 Å². The van der Waals surface area contributed by atoms with Gasteiger partial charge in [0.05, 0.1) is 30.1 Å². The smallest absolute Gasteiger partial charge is 0.123 e. The van der Waals surface area contributed by atoms with Gasteiger partial charge in [-0.3, -0.25) is 4.68 Å². The van der Waals surface area contributed by atoms with E-state index in [0.717, 1.165) is 10.4 Å². The predicted octanol–water partition coefficient (Wildman–Crippen LogP) is 2.94. The molecule has 0 fully saturated rings. The zero-order valence-electron chi connectivity index (χ0n) is 11.2. The molecular weight excluding hydrogens is 284 g/mol. The van der Waals surface area contributed by atoms with Crippen LogP contribution in [0.4, 0.5) is 0 Å². The third kappa shape index (κ3) is 3.00. The summed E-state index contributed by atoms with van der Waals surface area (Å²) in [6.07, 6.45) is 0.807. The molecule has 0 saturated carbocycles. The van der Waals surface area contributed by atoms with Crippen LogP contribution in [0.15, 0.2) is 12.3 Å². The Balaban J connectivity index is 2.35. The Kier molecular flexibility index (Phi) is 4.62. The number of thiophene rings is 1. The number of aliphatic hydroxyl groups is 1. The average molecular weight is 301 g/mol. The van der Waals surface area contributed by atoms with Gasteiger partial charge in [-0.1, -0.05) is 11.6 Å². The van der Waals surface area contributed by atoms with Gasteiger partial charge in [-0.2, -0.15) is 5.10 Å². The second kappa shape index (κ2) is 6.05. The van der Waals surface area contributed by atoms with E-state index in [9.17, 15) is 5.11 Å². The highest BCUT2D eigenvalue weighted by Gasteiger charge is 2.22. The van der Waals surface area contributed by atoms with Gasteiger partial charge in [0, 0.05) is 22.4 Å². The number of aromatic nitrogens is 2. The number of rotatable bonds is 5. The normalized spacial score (nSPS) is 12.9. The molecule has 2 aromatic heterocycles. The molecule has 0 aliphatic heterocycles. The highest BCUT2D eigenvalue weighted by atomic mass is 35.5.